The third-order valence-electron chi connectivity index (χ3n) is 5.23. The Labute approximate surface area is 182 Å². The van der Waals surface area contributed by atoms with Crippen LogP contribution in [-0.2, 0) is 13.0 Å². The maximum Gasteiger partial charge on any atom is 0.205 e. The Bertz CT molecular complexity index is 1100. The average molecular weight is 417 g/mol. The largest absolute Gasteiger partial charge is 0.256 e. The molecule has 31 heavy (non-hydrogen) atoms. The van der Waals surface area contributed by atoms with E-state index in [-0.39, 0.29) is 0 Å². The molecule has 3 aromatic heterocycles. The van der Waals surface area contributed by atoms with Gasteiger partial charge >= 0.3 is 0 Å². The summed E-state index contributed by atoms with van der Waals surface area (Å²) < 4.78 is 2.04. The number of benzene rings is 1. The molecule has 0 radical (unpaired) electrons. The molecule has 0 amide bonds. The molecule has 0 aliphatic rings. The Morgan fingerprint density at radius 3 is 2.55 bits per heavy atom. The Hall–Kier alpha value is -3.42. The van der Waals surface area contributed by atoms with Gasteiger partial charge in [-0.2, -0.15) is 10.3 Å². The van der Waals surface area contributed by atoms with E-state index in [1.807, 2.05) is 41.2 Å². The minimum atomic E-state index is 0.313. The Balaban J connectivity index is 1.56. The Morgan fingerprint density at radius 2 is 1.87 bits per heavy atom. The van der Waals surface area contributed by atoms with Crippen LogP contribution >= 0.6 is 0 Å². The summed E-state index contributed by atoms with van der Waals surface area (Å²) in [6.07, 6.45) is 6.41. The molecule has 4 aromatic rings. The van der Waals surface area contributed by atoms with E-state index >= 15 is 0 Å². The summed E-state index contributed by atoms with van der Waals surface area (Å²) in [5.74, 6) is 2.84. The molecule has 4 rings (SSSR count). The van der Waals surface area contributed by atoms with E-state index in [0.717, 1.165) is 46.9 Å². The van der Waals surface area contributed by atoms with E-state index in [1.165, 1.54) is 12.8 Å². The molecule has 0 bridgehead atoms. The number of pyridine rings is 1. The molecule has 0 aliphatic carbocycles. The van der Waals surface area contributed by atoms with E-state index in [9.17, 15) is 0 Å². The van der Waals surface area contributed by atoms with Crippen molar-refractivity contribution in [1.82, 2.24) is 40.4 Å². The zero-order valence-electron chi connectivity index (χ0n) is 18.3. The van der Waals surface area contributed by atoms with Crippen LogP contribution in [0.25, 0.3) is 22.6 Å². The van der Waals surface area contributed by atoms with Crippen LogP contribution in [0.2, 0.25) is 0 Å². The van der Waals surface area contributed by atoms with Gasteiger partial charge in [-0.1, -0.05) is 63.9 Å². The third-order valence-corrected chi connectivity index (χ3v) is 5.23. The first-order valence-electron chi connectivity index (χ1n) is 10.9. The molecule has 0 saturated heterocycles. The number of hydrogen-bond acceptors (Lipinski definition) is 6. The van der Waals surface area contributed by atoms with Gasteiger partial charge in [-0.25, -0.2) is 9.67 Å². The van der Waals surface area contributed by atoms with Crippen LogP contribution in [-0.4, -0.2) is 40.4 Å². The number of hydrogen-bond donors (Lipinski definition) is 1. The first kappa shape index (κ1) is 20.8. The van der Waals surface area contributed by atoms with Gasteiger partial charge in [-0.3, -0.25) is 4.98 Å². The SMILES string of the molecule is CCCCCc1nc(C(C)C)nn1Cc1ccc(-c2ccccc2-c2nn[nH]n2)nc1. The van der Waals surface area contributed by atoms with Gasteiger partial charge in [0.15, 0.2) is 5.82 Å². The van der Waals surface area contributed by atoms with Gasteiger partial charge in [0.1, 0.15) is 5.82 Å². The maximum atomic E-state index is 4.79. The minimum absolute atomic E-state index is 0.313. The molecular weight excluding hydrogens is 388 g/mol. The van der Waals surface area contributed by atoms with Crippen LogP contribution < -0.4 is 0 Å². The predicted molar refractivity (Wildman–Crippen MR) is 119 cm³/mol. The lowest BCUT2D eigenvalue weighted by molar-refractivity contribution is 0.600. The highest BCUT2D eigenvalue weighted by Crippen LogP contribution is 2.28. The number of rotatable bonds is 9. The quantitative estimate of drug-likeness (QED) is 0.406. The van der Waals surface area contributed by atoms with Crippen LogP contribution in [0.5, 0.6) is 0 Å². The molecule has 0 fully saturated rings. The second-order valence-electron chi connectivity index (χ2n) is 7.99. The van der Waals surface area contributed by atoms with Crippen molar-refractivity contribution in [1.29, 1.82) is 0 Å². The summed E-state index contributed by atoms with van der Waals surface area (Å²) in [5.41, 5.74) is 3.83. The summed E-state index contributed by atoms with van der Waals surface area (Å²) in [5, 5.41) is 19.2. The summed E-state index contributed by atoms with van der Waals surface area (Å²) in [6, 6.07) is 12.1. The summed E-state index contributed by atoms with van der Waals surface area (Å²) in [4.78, 5) is 9.51. The average Bonchev–Trinajstić information content (AvgIpc) is 3.45. The number of nitrogens with zero attached hydrogens (tertiary/aromatic N) is 7. The Morgan fingerprint density at radius 1 is 1.03 bits per heavy atom. The van der Waals surface area contributed by atoms with Crippen LogP contribution in [0.4, 0.5) is 0 Å². The zero-order chi connectivity index (χ0) is 21.6. The van der Waals surface area contributed by atoms with Gasteiger partial charge in [0, 0.05) is 29.7 Å². The van der Waals surface area contributed by atoms with Crippen molar-refractivity contribution in [3.05, 3.63) is 59.8 Å². The molecule has 3 heterocycles. The number of tetrazole rings is 1. The molecule has 160 valence electrons. The van der Waals surface area contributed by atoms with Gasteiger partial charge in [0.2, 0.25) is 5.82 Å². The molecule has 1 aromatic carbocycles. The van der Waals surface area contributed by atoms with Crippen molar-refractivity contribution in [2.75, 3.05) is 0 Å². The highest BCUT2D eigenvalue weighted by Gasteiger charge is 2.14. The second kappa shape index (κ2) is 9.59. The fourth-order valence-corrected chi connectivity index (χ4v) is 3.51. The van der Waals surface area contributed by atoms with Crippen LogP contribution in [0.1, 0.15) is 63.2 Å². The molecule has 0 spiro atoms. The third kappa shape index (κ3) is 4.84. The molecule has 8 nitrogen and oxygen atoms in total. The highest BCUT2D eigenvalue weighted by molar-refractivity contribution is 5.78. The van der Waals surface area contributed by atoms with Crippen molar-refractivity contribution in [2.45, 2.75) is 58.9 Å². The van der Waals surface area contributed by atoms with Gasteiger partial charge in [-0.05, 0) is 23.3 Å². The topological polar surface area (TPSA) is 98.1 Å². The number of aromatic nitrogens is 8. The van der Waals surface area contributed by atoms with Crippen molar-refractivity contribution in [3.8, 4) is 22.6 Å². The van der Waals surface area contributed by atoms with E-state index in [0.29, 0.717) is 18.3 Å². The lowest BCUT2D eigenvalue weighted by atomic mass is 10.0. The lowest BCUT2D eigenvalue weighted by Gasteiger charge is -2.09. The molecule has 0 atom stereocenters. The Kier molecular flexibility index (Phi) is 6.45. The van der Waals surface area contributed by atoms with Gasteiger partial charge < -0.3 is 0 Å². The fourth-order valence-electron chi connectivity index (χ4n) is 3.51. The van der Waals surface area contributed by atoms with E-state index in [4.69, 9.17) is 15.1 Å². The van der Waals surface area contributed by atoms with Crippen molar-refractivity contribution < 1.29 is 0 Å². The highest BCUT2D eigenvalue weighted by atomic mass is 15.5. The molecule has 0 saturated carbocycles. The van der Waals surface area contributed by atoms with E-state index in [1.54, 1.807) is 0 Å². The van der Waals surface area contributed by atoms with Crippen LogP contribution in [0.3, 0.4) is 0 Å². The number of aryl methyl sites for hydroxylation is 1. The molecule has 1 N–H and O–H groups in total. The van der Waals surface area contributed by atoms with Gasteiger partial charge in [0.25, 0.3) is 0 Å². The number of H-pyrrole nitrogens is 1. The van der Waals surface area contributed by atoms with Gasteiger partial charge in [-0.15, -0.1) is 10.2 Å². The maximum absolute atomic E-state index is 4.79. The lowest BCUT2D eigenvalue weighted by Crippen LogP contribution is -2.08. The number of nitrogens with one attached hydrogen (secondary N) is 1. The van der Waals surface area contributed by atoms with Crippen molar-refractivity contribution in [3.63, 3.8) is 0 Å². The van der Waals surface area contributed by atoms with Crippen molar-refractivity contribution in [2.24, 2.45) is 0 Å². The molecule has 0 aliphatic heterocycles. The summed E-state index contributed by atoms with van der Waals surface area (Å²) in [6.45, 7) is 7.15. The van der Waals surface area contributed by atoms with Crippen LogP contribution in [0, 0.1) is 0 Å². The number of aromatic amines is 1. The molecule has 0 unspecified atom stereocenters. The van der Waals surface area contributed by atoms with E-state index < -0.39 is 0 Å². The fraction of sp³-hybridized carbons (Fsp3) is 0.391. The van der Waals surface area contributed by atoms with Crippen molar-refractivity contribution >= 4 is 0 Å². The zero-order valence-corrected chi connectivity index (χ0v) is 18.3. The van der Waals surface area contributed by atoms with Crippen LogP contribution in [0.15, 0.2) is 42.6 Å². The van der Waals surface area contributed by atoms with E-state index in [2.05, 4.69) is 47.5 Å². The molecular formula is C23H28N8. The first-order valence-corrected chi connectivity index (χ1v) is 10.9. The first-order chi connectivity index (χ1) is 15.2. The van der Waals surface area contributed by atoms with Gasteiger partial charge in [0.05, 0.1) is 12.2 Å². The summed E-state index contributed by atoms with van der Waals surface area (Å²) >= 11 is 0. The minimum Gasteiger partial charge on any atom is -0.256 e. The normalized spacial score (nSPS) is 11.4. The predicted octanol–water partition coefficient (Wildman–Crippen LogP) is 4.42. The number of unbranched alkanes of at least 4 members (excludes halogenated alkanes) is 2. The summed E-state index contributed by atoms with van der Waals surface area (Å²) in [7, 11) is 0. The standard InChI is InChI=1S/C23H28N8/c1-4-5-6-11-21-25-22(16(2)3)28-31(21)15-17-12-13-20(24-14-17)18-9-7-8-10-19(18)23-26-29-30-27-23/h7-10,12-14,16H,4-6,11,15H2,1-3H3,(H,26,27,29,30). The monoisotopic (exact) mass is 416 g/mol. The molecule has 8 heteroatoms. The second-order valence-corrected chi connectivity index (χ2v) is 7.99. The smallest absolute Gasteiger partial charge is 0.205 e.